The number of alkyl halides is 1. The van der Waals surface area contributed by atoms with Crippen molar-refractivity contribution in [2.45, 2.75) is 18.6 Å². The molecule has 2 atom stereocenters. The number of anilines is 1. The molecule has 1 saturated heterocycles. The highest BCUT2D eigenvalue weighted by Gasteiger charge is 2.36. The first-order valence-corrected chi connectivity index (χ1v) is 10.9. The number of benzene rings is 2. The lowest BCUT2D eigenvalue weighted by atomic mass is 10.0. The van der Waals surface area contributed by atoms with E-state index in [0.717, 1.165) is 33.9 Å². The summed E-state index contributed by atoms with van der Waals surface area (Å²) in [5.41, 5.74) is 2.52. The van der Waals surface area contributed by atoms with Gasteiger partial charge in [-0.1, -0.05) is 34.1 Å². The van der Waals surface area contributed by atoms with E-state index in [9.17, 15) is 13.2 Å². The van der Waals surface area contributed by atoms with Crippen LogP contribution in [0.5, 0.6) is 0 Å². The van der Waals surface area contributed by atoms with Crippen molar-refractivity contribution in [1.29, 1.82) is 0 Å². The molecular formula is C24H18BrF3N4. The summed E-state index contributed by atoms with van der Waals surface area (Å²) >= 11 is 3.42. The number of hydrogen-bond donors (Lipinski definition) is 0. The van der Waals surface area contributed by atoms with E-state index >= 15 is 0 Å². The predicted octanol–water partition coefficient (Wildman–Crippen LogP) is 6.23. The van der Waals surface area contributed by atoms with Crippen LogP contribution in [0.25, 0.3) is 17.8 Å². The summed E-state index contributed by atoms with van der Waals surface area (Å²) < 4.78 is 45.2. The molecule has 4 aromatic rings. The number of fused-ring (bicyclic) bond motifs is 1. The van der Waals surface area contributed by atoms with Crippen LogP contribution in [-0.4, -0.2) is 27.3 Å². The number of rotatable bonds is 4. The Hall–Kier alpha value is -3.13. The van der Waals surface area contributed by atoms with E-state index < -0.39 is 23.8 Å². The largest absolute Gasteiger partial charge is 0.345 e. The van der Waals surface area contributed by atoms with Crippen LogP contribution in [0.2, 0.25) is 0 Å². The van der Waals surface area contributed by atoms with Crippen LogP contribution in [0.15, 0.2) is 65.3 Å². The molecule has 0 saturated carbocycles. The summed E-state index contributed by atoms with van der Waals surface area (Å²) in [5, 5.41) is 4.64. The monoisotopic (exact) mass is 498 g/mol. The van der Waals surface area contributed by atoms with Crippen LogP contribution >= 0.6 is 15.9 Å². The number of imidazole rings is 1. The minimum absolute atomic E-state index is 0.0535. The molecule has 162 valence electrons. The smallest absolute Gasteiger partial charge is 0.154 e. The third kappa shape index (κ3) is 4.02. The molecule has 5 rings (SSSR count). The van der Waals surface area contributed by atoms with E-state index in [1.54, 1.807) is 27.7 Å². The molecule has 32 heavy (non-hydrogen) atoms. The molecule has 0 radical (unpaired) electrons. The molecule has 1 aliphatic rings. The fourth-order valence-corrected chi connectivity index (χ4v) is 4.27. The summed E-state index contributed by atoms with van der Waals surface area (Å²) in [7, 11) is 0. The number of aromatic nitrogens is 3. The van der Waals surface area contributed by atoms with E-state index in [2.05, 4.69) is 26.0 Å². The predicted molar refractivity (Wildman–Crippen MR) is 122 cm³/mol. The van der Waals surface area contributed by atoms with Crippen LogP contribution < -0.4 is 4.90 Å². The van der Waals surface area contributed by atoms with Crippen molar-refractivity contribution in [2.75, 3.05) is 11.4 Å². The van der Waals surface area contributed by atoms with Gasteiger partial charge in [0, 0.05) is 16.5 Å². The normalized spacial score (nSPS) is 18.8. The van der Waals surface area contributed by atoms with E-state index in [0.29, 0.717) is 11.5 Å². The highest BCUT2D eigenvalue weighted by molar-refractivity contribution is 9.10. The van der Waals surface area contributed by atoms with Crippen molar-refractivity contribution in [3.8, 4) is 0 Å². The summed E-state index contributed by atoms with van der Waals surface area (Å²) in [6.45, 7) is 0.0535. The lowest BCUT2D eigenvalue weighted by Gasteiger charge is -2.26. The van der Waals surface area contributed by atoms with Crippen molar-refractivity contribution in [3.05, 3.63) is 93.7 Å². The average Bonchev–Trinajstić information content (AvgIpc) is 3.38. The Bertz CT molecular complexity index is 1300. The van der Waals surface area contributed by atoms with E-state index in [-0.39, 0.29) is 18.5 Å². The highest BCUT2D eigenvalue weighted by Crippen LogP contribution is 2.38. The first-order valence-electron chi connectivity index (χ1n) is 10.1. The fraction of sp³-hybridized carbons (Fsp3) is 0.167. The maximum Gasteiger partial charge on any atom is 0.154 e. The van der Waals surface area contributed by atoms with E-state index in [1.807, 2.05) is 36.4 Å². The summed E-state index contributed by atoms with van der Waals surface area (Å²) in [4.78, 5) is 6.05. The Morgan fingerprint density at radius 1 is 1.00 bits per heavy atom. The van der Waals surface area contributed by atoms with Crippen molar-refractivity contribution < 1.29 is 13.2 Å². The second-order valence-electron chi connectivity index (χ2n) is 7.70. The topological polar surface area (TPSA) is 33.4 Å². The van der Waals surface area contributed by atoms with Gasteiger partial charge in [0.1, 0.15) is 23.6 Å². The van der Waals surface area contributed by atoms with Gasteiger partial charge in [-0.15, -0.1) is 5.10 Å². The Morgan fingerprint density at radius 2 is 1.81 bits per heavy atom. The summed E-state index contributed by atoms with van der Waals surface area (Å²) in [6.07, 6.45) is 4.45. The molecule has 0 unspecified atom stereocenters. The van der Waals surface area contributed by atoms with Crippen LogP contribution in [-0.2, 0) is 0 Å². The van der Waals surface area contributed by atoms with Gasteiger partial charge in [0.05, 0.1) is 24.5 Å². The minimum Gasteiger partial charge on any atom is -0.345 e. The van der Waals surface area contributed by atoms with E-state index in [1.165, 1.54) is 0 Å². The number of halogens is 4. The molecule has 0 N–H and O–H groups in total. The molecular weight excluding hydrogens is 481 g/mol. The third-order valence-electron chi connectivity index (χ3n) is 5.55. The Labute approximate surface area is 191 Å². The quantitative estimate of drug-likeness (QED) is 0.334. The SMILES string of the molecule is Fc1ccc(F)c([C@H]2C[C@H](F)CN2c2ccc3ncc(/C=C\c4ccc(Br)cc4)n3n2)c1. The van der Waals surface area contributed by atoms with Gasteiger partial charge in [0.25, 0.3) is 0 Å². The average molecular weight is 499 g/mol. The van der Waals surface area contributed by atoms with Gasteiger partial charge in [-0.3, -0.25) is 0 Å². The lowest BCUT2D eigenvalue weighted by molar-refractivity contribution is 0.355. The molecule has 8 heteroatoms. The highest BCUT2D eigenvalue weighted by atomic mass is 79.9. The minimum atomic E-state index is -1.17. The molecule has 0 amide bonds. The number of nitrogens with zero attached hydrogens (tertiary/aromatic N) is 4. The van der Waals surface area contributed by atoms with Gasteiger partial charge >= 0.3 is 0 Å². The van der Waals surface area contributed by atoms with Crippen LogP contribution in [0.3, 0.4) is 0 Å². The van der Waals surface area contributed by atoms with E-state index in [4.69, 9.17) is 0 Å². The molecule has 3 heterocycles. The summed E-state index contributed by atoms with van der Waals surface area (Å²) in [6, 6.07) is 14.0. The molecule has 4 nitrogen and oxygen atoms in total. The zero-order chi connectivity index (χ0) is 22.2. The lowest BCUT2D eigenvalue weighted by Crippen LogP contribution is -2.26. The first-order chi connectivity index (χ1) is 15.5. The van der Waals surface area contributed by atoms with Crippen LogP contribution in [0, 0.1) is 11.6 Å². The van der Waals surface area contributed by atoms with Crippen molar-refractivity contribution in [3.63, 3.8) is 0 Å². The number of hydrogen-bond acceptors (Lipinski definition) is 3. The molecule has 2 aromatic carbocycles. The fourth-order valence-electron chi connectivity index (χ4n) is 4.01. The Morgan fingerprint density at radius 3 is 2.62 bits per heavy atom. The maximum absolute atomic E-state index is 14.4. The standard InChI is InChI=1S/C24H18BrF3N4/c25-16-4-1-15(2-5-16)3-7-19-13-29-23-9-10-24(30-32(19)23)31-14-18(27)12-22(31)20-11-17(26)6-8-21(20)28/h1-11,13,18,22H,12,14H2/b7-3-/t18-,22+/m0/s1. The third-order valence-corrected chi connectivity index (χ3v) is 6.08. The maximum atomic E-state index is 14.4. The zero-order valence-electron chi connectivity index (χ0n) is 16.8. The molecule has 0 aliphatic carbocycles. The Balaban J connectivity index is 1.50. The van der Waals surface area contributed by atoms with Gasteiger partial charge in [-0.25, -0.2) is 22.7 Å². The van der Waals surface area contributed by atoms with Gasteiger partial charge in [0.2, 0.25) is 0 Å². The first kappa shape index (κ1) is 20.8. The second kappa shape index (κ2) is 8.43. The molecule has 0 bridgehead atoms. The second-order valence-corrected chi connectivity index (χ2v) is 8.61. The van der Waals surface area contributed by atoms with Gasteiger partial charge in [0.15, 0.2) is 5.65 Å². The zero-order valence-corrected chi connectivity index (χ0v) is 18.4. The van der Waals surface area contributed by atoms with Crippen molar-refractivity contribution >= 4 is 39.5 Å². The van der Waals surface area contributed by atoms with Gasteiger partial charge in [-0.05, 0) is 54.1 Å². The molecule has 0 spiro atoms. The van der Waals surface area contributed by atoms with Crippen molar-refractivity contribution in [2.24, 2.45) is 0 Å². The van der Waals surface area contributed by atoms with Crippen LogP contribution in [0.1, 0.15) is 29.3 Å². The summed E-state index contributed by atoms with van der Waals surface area (Å²) in [5.74, 6) is -0.637. The van der Waals surface area contributed by atoms with Crippen LogP contribution in [0.4, 0.5) is 19.0 Å². The Kier molecular flexibility index (Phi) is 5.46. The molecule has 2 aromatic heterocycles. The molecule has 1 fully saturated rings. The van der Waals surface area contributed by atoms with Gasteiger partial charge < -0.3 is 4.90 Å². The van der Waals surface area contributed by atoms with Crippen molar-refractivity contribution in [1.82, 2.24) is 14.6 Å². The van der Waals surface area contributed by atoms with Gasteiger partial charge in [-0.2, -0.15) is 0 Å². The molecule has 1 aliphatic heterocycles.